The van der Waals surface area contributed by atoms with Crippen molar-refractivity contribution in [2.24, 2.45) is 0 Å². The van der Waals surface area contributed by atoms with E-state index in [0.717, 1.165) is 5.56 Å². The number of hydrogen-bond acceptors (Lipinski definition) is 2. The van der Waals surface area contributed by atoms with Crippen LogP contribution < -0.4 is 0 Å². The van der Waals surface area contributed by atoms with Gasteiger partial charge in [0.15, 0.2) is 0 Å². The number of rotatable bonds is 2. The summed E-state index contributed by atoms with van der Waals surface area (Å²) < 4.78 is 0. The first-order valence-corrected chi connectivity index (χ1v) is 5.81. The van der Waals surface area contributed by atoms with Gasteiger partial charge >= 0.3 is 0 Å². The molecule has 0 bridgehead atoms. The topological polar surface area (TPSA) is 36.7 Å². The highest BCUT2D eigenvalue weighted by molar-refractivity contribution is 5.88. The van der Waals surface area contributed by atoms with Gasteiger partial charge in [-0.3, -0.25) is 4.98 Å². The van der Waals surface area contributed by atoms with E-state index in [4.69, 9.17) is 0 Å². The van der Waals surface area contributed by atoms with Crippen molar-refractivity contribution in [1.82, 2.24) is 4.98 Å². The van der Waals surface area contributed by atoms with Gasteiger partial charge in [-0.15, -0.1) is 0 Å². The molecule has 2 heteroatoms. The quantitative estimate of drug-likeness (QED) is 0.742. The molecule has 0 saturated heterocycles. The van der Waals surface area contributed by atoms with Crippen LogP contribution in [-0.2, 0) is 0 Å². The average Bonchev–Trinajstić information content (AvgIpc) is 2.41. The van der Waals surface area contributed by atoms with Crippen LogP contribution in [0, 0.1) is 25.2 Å². The van der Waals surface area contributed by atoms with Gasteiger partial charge in [0.25, 0.3) is 0 Å². The van der Waals surface area contributed by atoms with Gasteiger partial charge in [0.05, 0.1) is 11.3 Å². The summed E-state index contributed by atoms with van der Waals surface area (Å²) in [5.74, 6) is 0. The van der Waals surface area contributed by atoms with Crippen molar-refractivity contribution in [3.8, 4) is 6.07 Å². The Morgan fingerprint density at radius 3 is 2.61 bits per heavy atom. The number of aromatic nitrogens is 1. The monoisotopic (exact) mass is 234 g/mol. The Balaban J connectivity index is 2.42. The zero-order valence-electron chi connectivity index (χ0n) is 10.5. The number of aryl methyl sites for hydroxylation is 2. The Hall–Kier alpha value is -2.40. The highest BCUT2D eigenvalue weighted by Gasteiger charge is 2.02. The standard InChI is InChI=1S/C16H14N2/c1-12-6-7-14(9-13(12)2)10-15(11-17)16-5-3-4-8-18-16/h3-10H,1-2H3/b15-10+. The fourth-order valence-electron chi connectivity index (χ4n) is 1.71. The van der Waals surface area contributed by atoms with E-state index in [-0.39, 0.29) is 0 Å². The zero-order valence-corrected chi connectivity index (χ0v) is 10.5. The van der Waals surface area contributed by atoms with Crippen molar-refractivity contribution in [2.75, 3.05) is 0 Å². The molecular formula is C16H14N2. The zero-order chi connectivity index (χ0) is 13.0. The molecule has 0 radical (unpaired) electrons. The van der Waals surface area contributed by atoms with Crippen LogP contribution >= 0.6 is 0 Å². The lowest BCUT2D eigenvalue weighted by atomic mass is 10.0. The van der Waals surface area contributed by atoms with Crippen molar-refractivity contribution in [3.63, 3.8) is 0 Å². The SMILES string of the molecule is Cc1ccc(/C=C(\C#N)c2ccccn2)cc1C. The molecule has 0 spiro atoms. The lowest BCUT2D eigenvalue weighted by Gasteiger charge is -2.02. The molecule has 0 aliphatic carbocycles. The van der Waals surface area contributed by atoms with Crippen LogP contribution in [-0.4, -0.2) is 4.98 Å². The second kappa shape index (κ2) is 5.29. The molecule has 1 aromatic heterocycles. The fraction of sp³-hybridized carbons (Fsp3) is 0.125. The summed E-state index contributed by atoms with van der Waals surface area (Å²) in [6.45, 7) is 4.15. The van der Waals surface area contributed by atoms with E-state index in [9.17, 15) is 5.26 Å². The van der Waals surface area contributed by atoms with Crippen LogP contribution in [0.1, 0.15) is 22.4 Å². The predicted octanol–water partition coefficient (Wildman–Crippen LogP) is 3.76. The van der Waals surface area contributed by atoms with E-state index in [0.29, 0.717) is 11.3 Å². The maximum Gasteiger partial charge on any atom is 0.101 e. The maximum absolute atomic E-state index is 9.21. The molecule has 18 heavy (non-hydrogen) atoms. The van der Waals surface area contributed by atoms with E-state index in [1.807, 2.05) is 30.3 Å². The highest BCUT2D eigenvalue weighted by Crippen LogP contribution is 2.17. The van der Waals surface area contributed by atoms with E-state index in [1.165, 1.54) is 11.1 Å². The molecule has 2 aromatic rings. The molecule has 88 valence electrons. The molecule has 2 nitrogen and oxygen atoms in total. The third kappa shape index (κ3) is 2.64. The van der Waals surface area contributed by atoms with Gasteiger partial charge in [-0.05, 0) is 48.7 Å². The Morgan fingerprint density at radius 2 is 2.00 bits per heavy atom. The van der Waals surface area contributed by atoms with Crippen LogP contribution in [0.25, 0.3) is 11.6 Å². The first kappa shape index (κ1) is 12.1. The Kier molecular flexibility index (Phi) is 3.54. The second-order valence-corrected chi connectivity index (χ2v) is 4.23. The molecule has 2 rings (SSSR count). The molecule has 0 fully saturated rings. The molecule has 1 heterocycles. The first-order valence-electron chi connectivity index (χ1n) is 5.81. The number of nitrogens with zero attached hydrogens (tertiary/aromatic N) is 2. The maximum atomic E-state index is 9.21. The van der Waals surface area contributed by atoms with Gasteiger partial charge in [-0.25, -0.2) is 0 Å². The lowest BCUT2D eigenvalue weighted by Crippen LogP contribution is -1.87. The second-order valence-electron chi connectivity index (χ2n) is 4.23. The molecule has 0 saturated carbocycles. The Bertz CT molecular complexity index is 619. The van der Waals surface area contributed by atoms with Crippen LogP contribution in [0.5, 0.6) is 0 Å². The summed E-state index contributed by atoms with van der Waals surface area (Å²) in [6, 6.07) is 13.9. The Morgan fingerprint density at radius 1 is 1.17 bits per heavy atom. The minimum atomic E-state index is 0.582. The normalized spacial score (nSPS) is 11.1. The van der Waals surface area contributed by atoms with Gasteiger partial charge in [-0.1, -0.05) is 24.3 Å². The predicted molar refractivity (Wildman–Crippen MR) is 73.6 cm³/mol. The van der Waals surface area contributed by atoms with Gasteiger partial charge < -0.3 is 0 Å². The lowest BCUT2D eigenvalue weighted by molar-refractivity contribution is 1.28. The number of benzene rings is 1. The molecule has 0 aliphatic heterocycles. The van der Waals surface area contributed by atoms with Crippen molar-refractivity contribution in [2.45, 2.75) is 13.8 Å². The molecule has 0 atom stereocenters. The molecule has 0 aliphatic rings. The van der Waals surface area contributed by atoms with Crippen LogP contribution in [0.3, 0.4) is 0 Å². The third-order valence-electron chi connectivity index (χ3n) is 2.90. The number of allylic oxidation sites excluding steroid dienone is 1. The van der Waals surface area contributed by atoms with E-state index >= 15 is 0 Å². The molecule has 0 amide bonds. The Labute approximate surface area is 107 Å². The number of nitriles is 1. The average molecular weight is 234 g/mol. The summed E-state index contributed by atoms with van der Waals surface area (Å²) in [4.78, 5) is 4.20. The summed E-state index contributed by atoms with van der Waals surface area (Å²) >= 11 is 0. The van der Waals surface area contributed by atoms with Gasteiger partial charge in [0, 0.05) is 6.20 Å². The summed E-state index contributed by atoms with van der Waals surface area (Å²) in [5, 5.41) is 9.21. The van der Waals surface area contributed by atoms with Crippen molar-refractivity contribution in [1.29, 1.82) is 5.26 Å². The van der Waals surface area contributed by atoms with Gasteiger partial charge in [-0.2, -0.15) is 5.26 Å². The fourth-order valence-corrected chi connectivity index (χ4v) is 1.71. The van der Waals surface area contributed by atoms with E-state index < -0.39 is 0 Å². The largest absolute Gasteiger partial charge is 0.256 e. The number of hydrogen-bond donors (Lipinski definition) is 0. The van der Waals surface area contributed by atoms with Crippen molar-refractivity contribution < 1.29 is 0 Å². The van der Waals surface area contributed by atoms with Crippen molar-refractivity contribution >= 4 is 11.6 Å². The molecule has 1 aromatic carbocycles. The smallest absolute Gasteiger partial charge is 0.101 e. The number of pyridine rings is 1. The summed E-state index contributed by atoms with van der Waals surface area (Å²) in [6.07, 6.45) is 3.57. The van der Waals surface area contributed by atoms with Gasteiger partial charge in [0.1, 0.15) is 6.07 Å². The minimum Gasteiger partial charge on any atom is -0.256 e. The molecular weight excluding hydrogens is 220 g/mol. The summed E-state index contributed by atoms with van der Waals surface area (Å²) in [7, 11) is 0. The molecule has 0 unspecified atom stereocenters. The van der Waals surface area contributed by atoms with E-state index in [1.54, 1.807) is 6.20 Å². The third-order valence-corrected chi connectivity index (χ3v) is 2.90. The minimum absolute atomic E-state index is 0.582. The van der Waals surface area contributed by atoms with Crippen LogP contribution in [0.2, 0.25) is 0 Å². The van der Waals surface area contributed by atoms with Crippen LogP contribution in [0.15, 0.2) is 42.6 Å². The van der Waals surface area contributed by atoms with E-state index in [2.05, 4.69) is 37.0 Å². The molecule has 0 N–H and O–H groups in total. The first-order chi connectivity index (χ1) is 8.70. The van der Waals surface area contributed by atoms with Crippen molar-refractivity contribution in [3.05, 3.63) is 65.0 Å². The highest BCUT2D eigenvalue weighted by atomic mass is 14.7. The summed E-state index contributed by atoms with van der Waals surface area (Å²) in [5.41, 5.74) is 4.79. The van der Waals surface area contributed by atoms with Crippen LogP contribution in [0.4, 0.5) is 0 Å². The van der Waals surface area contributed by atoms with Gasteiger partial charge in [0.2, 0.25) is 0 Å².